The van der Waals surface area contributed by atoms with Gasteiger partial charge in [0.2, 0.25) is 0 Å². The van der Waals surface area contributed by atoms with E-state index in [-0.39, 0.29) is 6.10 Å². The monoisotopic (exact) mass is 385 g/mol. The van der Waals surface area contributed by atoms with Crippen LogP contribution in [0.4, 0.5) is 11.6 Å². The molecule has 8 nitrogen and oxygen atoms in total. The third-order valence-corrected chi connectivity index (χ3v) is 5.87. The summed E-state index contributed by atoms with van der Waals surface area (Å²) in [7, 11) is 0. The Hall–Kier alpha value is -2.22. The van der Waals surface area contributed by atoms with Gasteiger partial charge in [0.15, 0.2) is 0 Å². The van der Waals surface area contributed by atoms with E-state index in [0.717, 1.165) is 63.6 Å². The topological polar surface area (TPSA) is 81.0 Å². The van der Waals surface area contributed by atoms with Crippen molar-refractivity contribution in [2.75, 3.05) is 29.9 Å². The van der Waals surface area contributed by atoms with Gasteiger partial charge in [-0.25, -0.2) is 9.97 Å². The van der Waals surface area contributed by atoms with E-state index in [4.69, 9.17) is 4.74 Å². The van der Waals surface area contributed by atoms with Gasteiger partial charge >= 0.3 is 0 Å². The molecule has 0 unspecified atom stereocenters. The van der Waals surface area contributed by atoms with Gasteiger partial charge in [0, 0.05) is 38.5 Å². The third kappa shape index (κ3) is 4.60. The summed E-state index contributed by atoms with van der Waals surface area (Å²) in [4.78, 5) is 11.4. The number of hydrogen-bond acceptors (Lipinski definition) is 7. The number of piperidine rings is 1. The second kappa shape index (κ2) is 8.86. The first-order chi connectivity index (χ1) is 13.7. The number of rotatable bonds is 6. The summed E-state index contributed by atoms with van der Waals surface area (Å²) in [5.41, 5.74) is 0. The molecule has 0 amide bonds. The van der Waals surface area contributed by atoms with Crippen molar-refractivity contribution in [1.82, 2.24) is 25.0 Å². The standard InChI is InChI=1S/C20H31N7O/c1-15(2)20-17(4-3-11-28-20)24-18-12-19(22-14-21-18)26-8-5-16(6-9-26)13-27-10-7-23-25-27/h7,10,12,14-17,20H,3-6,8-9,11,13H2,1-2H3,(H,21,22,24)/t17-,20+/m0/s1. The Morgan fingerprint density at radius 2 is 2.07 bits per heavy atom. The Morgan fingerprint density at radius 3 is 2.82 bits per heavy atom. The van der Waals surface area contributed by atoms with Crippen LogP contribution < -0.4 is 10.2 Å². The van der Waals surface area contributed by atoms with E-state index in [1.54, 1.807) is 12.5 Å². The van der Waals surface area contributed by atoms with Crippen LogP contribution in [0.3, 0.4) is 0 Å². The van der Waals surface area contributed by atoms with Crippen LogP contribution in [-0.2, 0) is 11.3 Å². The zero-order valence-corrected chi connectivity index (χ0v) is 16.9. The van der Waals surface area contributed by atoms with Gasteiger partial charge in [-0.05, 0) is 37.5 Å². The summed E-state index contributed by atoms with van der Waals surface area (Å²) in [6.07, 6.45) is 10.1. The van der Waals surface area contributed by atoms with Crippen LogP contribution in [0.5, 0.6) is 0 Å². The molecule has 0 aromatic carbocycles. The van der Waals surface area contributed by atoms with Crippen molar-refractivity contribution >= 4 is 11.6 Å². The molecule has 2 aromatic heterocycles. The first-order valence-corrected chi connectivity index (χ1v) is 10.5. The van der Waals surface area contributed by atoms with Crippen LogP contribution in [0.15, 0.2) is 24.8 Å². The Balaban J connectivity index is 1.35. The van der Waals surface area contributed by atoms with Crippen LogP contribution in [0.25, 0.3) is 0 Å². The SMILES string of the molecule is CC(C)[C@H]1OCCC[C@@H]1Nc1cc(N2CCC(Cn3ccnn3)CC2)ncn1. The van der Waals surface area contributed by atoms with Crippen molar-refractivity contribution in [3.05, 3.63) is 24.8 Å². The normalized spacial score (nSPS) is 23.9. The second-order valence-electron chi connectivity index (χ2n) is 8.29. The fourth-order valence-corrected chi connectivity index (χ4v) is 4.34. The molecule has 8 heteroatoms. The fraction of sp³-hybridized carbons (Fsp3) is 0.700. The largest absolute Gasteiger partial charge is 0.376 e. The molecular weight excluding hydrogens is 354 g/mol. The Bertz CT molecular complexity index is 728. The van der Waals surface area contributed by atoms with E-state index < -0.39 is 0 Å². The highest BCUT2D eigenvalue weighted by atomic mass is 16.5. The lowest BCUT2D eigenvalue weighted by Gasteiger charge is -2.35. The van der Waals surface area contributed by atoms with Gasteiger partial charge in [0.25, 0.3) is 0 Å². The first-order valence-electron chi connectivity index (χ1n) is 10.5. The van der Waals surface area contributed by atoms with Gasteiger partial charge in [-0.15, -0.1) is 5.10 Å². The molecule has 2 saturated heterocycles. The van der Waals surface area contributed by atoms with E-state index in [1.165, 1.54) is 0 Å². The number of anilines is 2. The predicted molar refractivity (Wildman–Crippen MR) is 108 cm³/mol. The van der Waals surface area contributed by atoms with E-state index >= 15 is 0 Å². The molecule has 2 aliphatic heterocycles. The van der Waals surface area contributed by atoms with Crippen molar-refractivity contribution in [2.45, 2.75) is 58.2 Å². The second-order valence-corrected chi connectivity index (χ2v) is 8.29. The summed E-state index contributed by atoms with van der Waals surface area (Å²) in [6.45, 7) is 8.27. The number of nitrogens with zero attached hydrogens (tertiary/aromatic N) is 6. The summed E-state index contributed by atoms with van der Waals surface area (Å²) < 4.78 is 7.93. The fourth-order valence-electron chi connectivity index (χ4n) is 4.34. The van der Waals surface area contributed by atoms with Crippen LogP contribution in [0, 0.1) is 11.8 Å². The summed E-state index contributed by atoms with van der Waals surface area (Å²) >= 11 is 0. The summed E-state index contributed by atoms with van der Waals surface area (Å²) in [6, 6.07) is 2.40. The molecule has 28 heavy (non-hydrogen) atoms. The maximum absolute atomic E-state index is 6.00. The zero-order chi connectivity index (χ0) is 19.3. The zero-order valence-electron chi connectivity index (χ0n) is 16.9. The lowest BCUT2D eigenvalue weighted by molar-refractivity contribution is -0.0203. The van der Waals surface area contributed by atoms with E-state index in [0.29, 0.717) is 17.9 Å². The molecule has 0 spiro atoms. The third-order valence-electron chi connectivity index (χ3n) is 5.87. The van der Waals surface area contributed by atoms with E-state index in [9.17, 15) is 0 Å². The minimum atomic E-state index is 0.236. The molecule has 0 bridgehead atoms. The Kier molecular flexibility index (Phi) is 6.04. The average molecular weight is 386 g/mol. The van der Waals surface area contributed by atoms with Crippen molar-refractivity contribution in [1.29, 1.82) is 0 Å². The summed E-state index contributed by atoms with van der Waals surface area (Å²) in [5.74, 6) is 3.04. The predicted octanol–water partition coefficient (Wildman–Crippen LogP) is 2.60. The molecule has 2 aromatic rings. The van der Waals surface area contributed by atoms with E-state index in [1.807, 2.05) is 10.9 Å². The highest BCUT2D eigenvalue weighted by molar-refractivity contribution is 5.49. The number of aromatic nitrogens is 5. The minimum Gasteiger partial charge on any atom is -0.376 e. The molecule has 2 atom stereocenters. The first kappa shape index (κ1) is 19.1. The molecule has 2 fully saturated rings. The summed E-state index contributed by atoms with van der Waals surface area (Å²) in [5, 5.41) is 11.6. The number of nitrogens with one attached hydrogen (secondary N) is 1. The molecule has 0 radical (unpaired) electrons. The minimum absolute atomic E-state index is 0.236. The molecule has 4 heterocycles. The average Bonchev–Trinajstić information content (AvgIpc) is 3.22. The van der Waals surface area contributed by atoms with Gasteiger partial charge in [0.05, 0.1) is 18.3 Å². The smallest absolute Gasteiger partial charge is 0.134 e. The van der Waals surface area contributed by atoms with Crippen LogP contribution in [0.1, 0.15) is 39.5 Å². The van der Waals surface area contributed by atoms with Crippen LogP contribution in [-0.4, -0.2) is 56.8 Å². The van der Waals surface area contributed by atoms with Crippen molar-refractivity contribution in [3.8, 4) is 0 Å². The van der Waals surface area contributed by atoms with Gasteiger partial charge in [0.1, 0.15) is 18.0 Å². The quantitative estimate of drug-likeness (QED) is 0.818. The number of ether oxygens (including phenoxy) is 1. The highest BCUT2D eigenvalue weighted by Gasteiger charge is 2.29. The highest BCUT2D eigenvalue weighted by Crippen LogP contribution is 2.26. The van der Waals surface area contributed by atoms with Crippen molar-refractivity contribution < 1.29 is 4.74 Å². The maximum Gasteiger partial charge on any atom is 0.134 e. The molecule has 0 saturated carbocycles. The molecule has 2 aliphatic rings. The maximum atomic E-state index is 6.00. The van der Waals surface area contributed by atoms with Crippen LogP contribution in [0.2, 0.25) is 0 Å². The van der Waals surface area contributed by atoms with Crippen LogP contribution >= 0.6 is 0 Å². The van der Waals surface area contributed by atoms with Gasteiger partial charge in [-0.3, -0.25) is 4.68 Å². The van der Waals surface area contributed by atoms with Crippen molar-refractivity contribution in [3.63, 3.8) is 0 Å². The lowest BCUT2D eigenvalue weighted by atomic mass is 9.93. The molecule has 1 N–H and O–H groups in total. The van der Waals surface area contributed by atoms with E-state index in [2.05, 4.69) is 50.4 Å². The Morgan fingerprint density at radius 1 is 1.21 bits per heavy atom. The van der Waals surface area contributed by atoms with Gasteiger partial charge in [-0.1, -0.05) is 19.1 Å². The molecule has 4 rings (SSSR count). The Labute approximate surface area is 166 Å². The van der Waals surface area contributed by atoms with Crippen molar-refractivity contribution in [2.24, 2.45) is 11.8 Å². The van der Waals surface area contributed by atoms with Gasteiger partial charge < -0.3 is 15.0 Å². The molecule has 152 valence electrons. The lowest BCUT2D eigenvalue weighted by Crippen LogP contribution is -2.43. The molecule has 0 aliphatic carbocycles. The van der Waals surface area contributed by atoms with Gasteiger partial charge in [-0.2, -0.15) is 0 Å². The molecular formula is C20H31N7O. The number of hydrogen-bond donors (Lipinski definition) is 1.